The molecule has 1 atom stereocenters. The summed E-state index contributed by atoms with van der Waals surface area (Å²) in [5.41, 5.74) is 7.54. The second kappa shape index (κ2) is 4.15. The molecule has 2 aliphatic heterocycles. The molecule has 0 aromatic heterocycles. The number of aliphatic imine (C=N–C) groups is 1. The lowest BCUT2D eigenvalue weighted by Gasteiger charge is -2.14. The Morgan fingerprint density at radius 2 is 2.13 bits per heavy atom. The highest BCUT2D eigenvalue weighted by Crippen LogP contribution is 2.37. The third-order valence-electron chi connectivity index (χ3n) is 2.17. The number of hydrogen-bond donors (Lipinski definition) is 1. The van der Waals surface area contributed by atoms with Gasteiger partial charge in [0.15, 0.2) is 0 Å². The van der Waals surface area contributed by atoms with Crippen LogP contribution in [0.2, 0.25) is 0 Å². The maximum Gasteiger partial charge on any atom is 0.149 e. The molecule has 0 fully saturated rings. The van der Waals surface area contributed by atoms with Crippen molar-refractivity contribution in [3.8, 4) is 5.75 Å². The smallest absolute Gasteiger partial charge is 0.149 e. The molecule has 2 N–H and O–H groups in total. The van der Waals surface area contributed by atoms with E-state index >= 15 is 0 Å². The lowest BCUT2D eigenvalue weighted by atomic mass is 10.1. The standard InChI is InChI=1S/C10H8N2OS.HI/c11-10-12-9-6-3-1-2-4-7(6)13-5-8(9)14-10;/h1-5,10H,11H2;1H. The largest absolute Gasteiger partial charge is 0.463 e. The molecule has 1 aromatic rings. The van der Waals surface area contributed by atoms with Gasteiger partial charge in [-0.25, -0.2) is 0 Å². The van der Waals surface area contributed by atoms with Crippen LogP contribution in [-0.4, -0.2) is 11.2 Å². The summed E-state index contributed by atoms with van der Waals surface area (Å²) in [6.45, 7) is 0. The van der Waals surface area contributed by atoms with Crippen molar-refractivity contribution in [3.05, 3.63) is 41.0 Å². The van der Waals surface area contributed by atoms with Crippen LogP contribution >= 0.6 is 35.7 Å². The molecule has 0 saturated heterocycles. The van der Waals surface area contributed by atoms with E-state index in [2.05, 4.69) is 4.99 Å². The number of hydrogen-bond acceptors (Lipinski definition) is 4. The number of thioether (sulfide) groups is 1. The first kappa shape index (κ1) is 11.0. The molecular weight excluding hydrogens is 323 g/mol. The maximum absolute atomic E-state index is 5.73. The Kier molecular flexibility index (Phi) is 3.03. The van der Waals surface area contributed by atoms with Crippen LogP contribution in [0.5, 0.6) is 5.75 Å². The molecule has 5 heteroatoms. The van der Waals surface area contributed by atoms with E-state index in [1.807, 2.05) is 24.3 Å². The molecule has 0 radical (unpaired) electrons. The van der Waals surface area contributed by atoms with Crippen molar-refractivity contribution in [3.63, 3.8) is 0 Å². The third kappa shape index (κ3) is 1.79. The molecule has 0 bridgehead atoms. The van der Waals surface area contributed by atoms with Crippen LogP contribution in [0, 0.1) is 0 Å². The number of halogens is 1. The monoisotopic (exact) mass is 332 g/mol. The molecule has 0 aliphatic carbocycles. The summed E-state index contributed by atoms with van der Waals surface area (Å²) in [5, 5.41) is 0. The van der Waals surface area contributed by atoms with Gasteiger partial charge in [0.2, 0.25) is 0 Å². The van der Waals surface area contributed by atoms with Crippen molar-refractivity contribution in [2.75, 3.05) is 0 Å². The summed E-state index contributed by atoms with van der Waals surface area (Å²) in [6.07, 6.45) is 1.72. The Labute approximate surface area is 109 Å². The quantitative estimate of drug-likeness (QED) is 0.742. The molecule has 3 nitrogen and oxygen atoms in total. The second-order valence-electron chi connectivity index (χ2n) is 3.08. The fourth-order valence-electron chi connectivity index (χ4n) is 1.57. The average molecular weight is 332 g/mol. The molecule has 3 rings (SSSR count). The molecule has 0 amide bonds. The fraction of sp³-hybridized carbons (Fsp3) is 0.100. The maximum atomic E-state index is 5.73. The van der Waals surface area contributed by atoms with Gasteiger partial charge in [0.25, 0.3) is 0 Å². The van der Waals surface area contributed by atoms with Gasteiger partial charge in [0.1, 0.15) is 17.5 Å². The van der Waals surface area contributed by atoms with Crippen LogP contribution in [0.4, 0.5) is 0 Å². The Hall–Kier alpha value is -0.530. The van der Waals surface area contributed by atoms with Crippen LogP contribution in [-0.2, 0) is 0 Å². The van der Waals surface area contributed by atoms with Gasteiger partial charge in [-0.15, -0.1) is 24.0 Å². The van der Waals surface area contributed by atoms with E-state index in [0.717, 1.165) is 21.9 Å². The normalized spacial score (nSPS) is 21.5. The lowest BCUT2D eigenvalue weighted by molar-refractivity contribution is 0.476. The van der Waals surface area contributed by atoms with Crippen LogP contribution in [0.1, 0.15) is 5.56 Å². The Balaban J connectivity index is 0.000000853. The van der Waals surface area contributed by atoms with Crippen molar-refractivity contribution in [2.24, 2.45) is 10.7 Å². The number of allylic oxidation sites excluding steroid dienone is 1. The number of ether oxygens (including phenoxy) is 1. The molecule has 1 unspecified atom stereocenters. The SMILES string of the molecule is I.NC1N=C2C(=COc3ccccc32)S1. The van der Waals surface area contributed by atoms with Gasteiger partial charge in [-0.05, 0) is 12.1 Å². The van der Waals surface area contributed by atoms with E-state index in [-0.39, 0.29) is 29.5 Å². The summed E-state index contributed by atoms with van der Waals surface area (Å²) in [5.74, 6) is 0.852. The highest BCUT2D eigenvalue weighted by molar-refractivity contribution is 14.0. The summed E-state index contributed by atoms with van der Waals surface area (Å²) < 4.78 is 5.47. The fourth-order valence-corrected chi connectivity index (χ4v) is 2.37. The topological polar surface area (TPSA) is 47.6 Å². The van der Waals surface area contributed by atoms with Crippen molar-refractivity contribution in [2.45, 2.75) is 5.50 Å². The number of fused-ring (bicyclic) bond motifs is 3. The molecular formula is C10H9IN2OS. The van der Waals surface area contributed by atoms with Crippen LogP contribution < -0.4 is 10.5 Å². The van der Waals surface area contributed by atoms with Crippen molar-refractivity contribution >= 4 is 41.5 Å². The average Bonchev–Trinajstić information content (AvgIpc) is 2.59. The first-order valence-corrected chi connectivity index (χ1v) is 5.19. The second-order valence-corrected chi connectivity index (χ2v) is 4.24. The molecule has 15 heavy (non-hydrogen) atoms. The van der Waals surface area contributed by atoms with Crippen LogP contribution in [0.15, 0.2) is 40.4 Å². The number of benzene rings is 1. The molecule has 0 saturated carbocycles. The zero-order valence-electron chi connectivity index (χ0n) is 7.71. The minimum absolute atomic E-state index is 0. The minimum Gasteiger partial charge on any atom is -0.463 e. The predicted octanol–water partition coefficient (Wildman–Crippen LogP) is 2.32. The van der Waals surface area contributed by atoms with E-state index < -0.39 is 0 Å². The van der Waals surface area contributed by atoms with E-state index in [1.54, 1.807) is 6.26 Å². The summed E-state index contributed by atoms with van der Waals surface area (Å²) in [6, 6.07) is 7.85. The predicted molar refractivity (Wildman–Crippen MR) is 72.7 cm³/mol. The number of nitrogens with zero attached hydrogens (tertiary/aromatic N) is 1. The number of para-hydroxylation sites is 1. The number of rotatable bonds is 0. The van der Waals surface area contributed by atoms with Gasteiger partial charge in [-0.1, -0.05) is 23.9 Å². The molecule has 1 aromatic carbocycles. The van der Waals surface area contributed by atoms with E-state index in [0.29, 0.717) is 0 Å². The van der Waals surface area contributed by atoms with E-state index in [4.69, 9.17) is 10.5 Å². The highest BCUT2D eigenvalue weighted by Gasteiger charge is 2.27. The summed E-state index contributed by atoms with van der Waals surface area (Å²) in [7, 11) is 0. The summed E-state index contributed by atoms with van der Waals surface area (Å²) >= 11 is 1.52. The number of nitrogens with two attached hydrogens (primary N) is 1. The molecule has 0 spiro atoms. The van der Waals surface area contributed by atoms with Gasteiger partial charge in [0.05, 0.1) is 10.6 Å². The zero-order chi connectivity index (χ0) is 9.54. The van der Waals surface area contributed by atoms with Gasteiger partial charge in [-0.2, -0.15) is 0 Å². The van der Waals surface area contributed by atoms with E-state index in [9.17, 15) is 0 Å². The van der Waals surface area contributed by atoms with E-state index in [1.165, 1.54) is 11.8 Å². The lowest BCUT2D eigenvalue weighted by Crippen LogP contribution is -2.08. The molecule has 2 heterocycles. The first-order chi connectivity index (χ1) is 6.84. The van der Waals surface area contributed by atoms with Gasteiger partial charge >= 0.3 is 0 Å². The van der Waals surface area contributed by atoms with Crippen LogP contribution in [0.3, 0.4) is 0 Å². The zero-order valence-corrected chi connectivity index (χ0v) is 10.9. The van der Waals surface area contributed by atoms with Gasteiger partial charge < -0.3 is 10.5 Å². The summed E-state index contributed by atoms with van der Waals surface area (Å²) in [4.78, 5) is 5.39. The van der Waals surface area contributed by atoms with Crippen molar-refractivity contribution in [1.29, 1.82) is 0 Å². The Morgan fingerprint density at radius 1 is 1.33 bits per heavy atom. The van der Waals surface area contributed by atoms with Crippen molar-refractivity contribution < 1.29 is 4.74 Å². The minimum atomic E-state index is -0.189. The third-order valence-corrected chi connectivity index (χ3v) is 3.06. The van der Waals surface area contributed by atoms with Crippen LogP contribution in [0.25, 0.3) is 0 Å². The van der Waals surface area contributed by atoms with Gasteiger partial charge in [0, 0.05) is 5.56 Å². The van der Waals surface area contributed by atoms with Gasteiger partial charge in [-0.3, -0.25) is 4.99 Å². The Bertz CT molecular complexity index is 458. The first-order valence-electron chi connectivity index (χ1n) is 4.31. The highest BCUT2D eigenvalue weighted by atomic mass is 127. The molecule has 78 valence electrons. The Morgan fingerprint density at radius 3 is 3.00 bits per heavy atom. The molecule has 2 aliphatic rings. The van der Waals surface area contributed by atoms with Crippen molar-refractivity contribution in [1.82, 2.24) is 0 Å².